The van der Waals surface area contributed by atoms with Crippen LogP contribution >= 0.6 is 34.5 Å². The SMILES string of the molecule is COc1ccc([C@H](Cc2c(Cl)c[n+](O)cc2Cl)c2cc(CNC(C(=O)OCC3CCN(C)CC3)C3CCCCC3)sc2C(=O)O)cc1OC. The predicted octanol–water partition coefficient (Wildman–Crippen LogP) is 6.59. The van der Waals surface area contributed by atoms with E-state index in [1.54, 1.807) is 20.3 Å². The van der Waals surface area contributed by atoms with Crippen molar-refractivity contribution in [3.05, 3.63) is 73.1 Å². The Hall–Kier alpha value is -3.09. The van der Waals surface area contributed by atoms with Gasteiger partial charge in [-0.05, 0) is 93.4 Å². The third-order valence-corrected chi connectivity index (χ3v) is 11.6. The van der Waals surface area contributed by atoms with Crippen molar-refractivity contribution in [3.8, 4) is 11.5 Å². The van der Waals surface area contributed by atoms with Gasteiger partial charge in [-0.15, -0.1) is 11.3 Å². The van der Waals surface area contributed by atoms with Crippen LogP contribution in [0.1, 0.15) is 82.1 Å². The van der Waals surface area contributed by atoms with Crippen molar-refractivity contribution < 1.29 is 38.8 Å². The second-order valence-electron chi connectivity index (χ2n) is 13.1. The second-order valence-corrected chi connectivity index (χ2v) is 15.1. The number of nitrogens with one attached hydrogen (secondary N) is 1. The standard InChI is InChI=1S/C36H45Cl2N3O7S/c1-40-13-11-22(12-14-40)21-48-36(44)33(23-7-5-4-6-8-23)39-18-25-16-27(34(49-25)35(42)43)26(17-28-29(37)19-41(45)20-30(28)38)24-9-10-31(46-2)32(15-24)47-3/h9-10,15-16,19-20,22-23,26,33,39H,4-8,11-14,17-18,21H2,1-3H3,(H-,42,43,45)/p+1/t26-,33?/m0/s1. The molecule has 1 aliphatic heterocycles. The highest BCUT2D eigenvalue weighted by Gasteiger charge is 2.33. The number of aromatic nitrogens is 1. The molecule has 5 rings (SSSR count). The summed E-state index contributed by atoms with van der Waals surface area (Å²) in [7, 11) is 5.21. The Morgan fingerprint density at radius 1 is 1.02 bits per heavy atom. The van der Waals surface area contributed by atoms with Gasteiger partial charge in [0.2, 0.25) is 12.4 Å². The Morgan fingerprint density at radius 2 is 1.69 bits per heavy atom. The lowest BCUT2D eigenvalue weighted by Crippen LogP contribution is -2.45. The summed E-state index contributed by atoms with van der Waals surface area (Å²) >= 11 is 14.3. The molecular weight excluding hydrogens is 689 g/mol. The molecule has 2 aliphatic rings. The molecule has 0 spiro atoms. The lowest BCUT2D eigenvalue weighted by atomic mass is 9.83. The number of esters is 1. The summed E-state index contributed by atoms with van der Waals surface area (Å²) in [5.41, 5.74) is 1.90. The van der Waals surface area contributed by atoms with Crippen LogP contribution in [0.5, 0.6) is 11.5 Å². The number of thiophene rings is 1. The third-order valence-electron chi connectivity index (χ3n) is 9.84. The van der Waals surface area contributed by atoms with E-state index in [1.807, 2.05) is 18.2 Å². The number of carboxylic acids is 1. The van der Waals surface area contributed by atoms with Crippen molar-refractivity contribution in [2.45, 2.75) is 69.9 Å². The van der Waals surface area contributed by atoms with Gasteiger partial charge in [-0.3, -0.25) is 15.3 Å². The van der Waals surface area contributed by atoms with Gasteiger partial charge in [0.25, 0.3) is 0 Å². The Labute approximate surface area is 301 Å². The van der Waals surface area contributed by atoms with E-state index in [2.05, 4.69) is 17.3 Å². The molecule has 266 valence electrons. The number of likely N-dealkylation sites (tertiary alicyclic amines) is 1. The van der Waals surface area contributed by atoms with Gasteiger partial charge >= 0.3 is 11.9 Å². The van der Waals surface area contributed by atoms with Crippen LogP contribution in [0.4, 0.5) is 0 Å². The molecule has 1 aromatic carbocycles. The highest BCUT2D eigenvalue weighted by atomic mass is 35.5. The molecule has 0 bridgehead atoms. The van der Waals surface area contributed by atoms with Gasteiger partial charge in [0, 0.05) is 27.6 Å². The fourth-order valence-electron chi connectivity index (χ4n) is 7.03. The van der Waals surface area contributed by atoms with Gasteiger partial charge < -0.3 is 24.2 Å². The minimum Gasteiger partial charge on any atom is -0.493 e. The molecule has 3 N–H and O–H groups in total. The van der Waals surface area contributed by atoms with Crippen molar-refractivity contribution >= 4 is 46.5 Å². The number of aromatic carboxylic acids is 1. The Bertz CT molecular complexity index is 1580. The maximum Gasteiger partial charge on any atom is 0.346 e. The van der Waals surface area contributed by atoms with Crippen LogP contribution in [-0.4, -0.2) is 74.2 Å². The zero-order valence-electron chi connectivity index (χ0n) is 28.3. The van der Waals surface area contributed by atoms with Gasteiger partial charge in [-0.25, -0.2) is 4.79 Å². The van der Waals surface area contributed by atoms with Crippen LogP contribution < -0.4 is 19.5 Å². The Kier molecular flexibility index (Phi) is 13.1. The summed E-state index contributed by atoms with van der Waals surface area (Å²) in [4.78, 5) is 29.6. The van der Waals surface area contributed by atoms with Crippen LogP contribution in [0.3, 0.4) is 0 Å². The molecule has 1 unspecified atom stereocenters. The maximum absolute atomic E-state index is 13.6. The first kappa shape index (κ1) is 37.2. The molecule has 0 amide bonds. The van der Waals surface area contributed by atoms with Gasteiger partial charge in [0.05, 0.1) is 20.8 Å². The first-order chi connectivity index (χ1) is 23.6. The normalized spacial score (nSPS) is 17.4. The number of halogens is 2. The summed E-state index contributed by atoms with van der Waals surface area (Å²) in [6.45, 7) is 2.75. The van der Waals surface area contributed by atoms with Gasteiger partial charge in [0.15, 0.2) is 11.5 Å². The fraction of sp³-hybridized carbons (Fsp3) is 0.528. The van der Waals surface area contributed by atoms with E-state index in [0.717, 1.165) is 73.2 Å². The number of carbonyl (C=O) groups excluding carboxylic acids is 1. The molecule has 0 radical (unpaired) electrons. The maximum atomic E-state index is 13.6. The van der Waals surface area contributed by atoms with Crippen LogP contribution in [0.2, 0.25) is 10.0 Å². The summed E-state index contributed by atoms with van der Waals surface area (Å²) in [5.74, 6) is -0.232. The first-order valence-corrected chi connectivity index (χ1v) is 18.4. The van der Waals surface area contributed by atoms with Crippen LogP contribution in [0.25, 0.3) is 0 Å². The smallest absolute Gasteiger partial charge is 0.346 e. The van der Waals surface area contributed by atoms with Crippen molar-refractivity contribution in [3.63, 3.8) is 0 Å². The van der Waals surface area contributed by atoms with E-state index in [-0.39, 0.29) is 33.2 Å². The summed E-state index contributed by atoms with van der Waals surface area (Å²) < 4.78 is 17.8. The van der Waals surface area contributed by atoms with E-state index in [1.165, 1.54) is 23.7 Å². The molecule has 3 aromatic rings. The topological polar surface area (TPSA) is 121 Å². The molecule has 2 fully saturated rings. The number of benzene rings is 1. The van der Waals surface area contributed by atoms with E-state index >= 15 is 0 Å². The average molecular weight is 736 g/mol. The number of rotatable bonds is 14. The minimum absolute atomic E-state index is 0.160. The predicted molar refractivity (Wildman–Crippen MR) is 189 cm³/mol. The van der Waals surface area contributed by atoms with Gasteiger partial charge in [-0.1, -0.05) is 48.5 Å². The number of nitrogens with zero attached hydrogens (tertiary/aromatic N) is 2. The minimum atomic E-state index is -1.06. The molecule has 1 aliphatic carbocycles. The number of methoxy groups -OCH3 is 2. The number of piperidine rings is 1. The number of pyridine rings is 1. The van der Waals surface area contributed by atoms with E-state index in [0.29, 0.717) is 41.7 Å². The molecule has 2 atom stereocenters. The number of carboxylic acid groups (broad SMARTS) is 1. The summed E-state index contributed by atoms with van der Waals surface area (Å²) in [6, 6.07) is 6.88. The van der Waals surface area contributed by atoms with E-state index in [9.17, 15) is 19.9 Å². The van der Waals surface area contributed by atoms with Crippen LogP contribution in [0.15, 0.2) is 36.7 Å². The third kappa shape index (κ3) is 9.38. The number of carbonyl (C=O) groups is 2. The molecule has 13 heteroatoms. The number of ether oxygens (including phenoxy) is 3. The first-order valence-electron chi connectivity index (χ1n) is 16.8. The van der Waals surface area contributed by atoms with E-state index < -0.39 is 17.9 Å². The summed E-state index contributed by atoms with van der Waals surface area (Å²) in [5, 5.41) is 24.4. The molecule has 49 heavy (non-hydrogen) atoms. The molecule has 1 saturated heterocycles. The summed E-state index contributed by atoms with van der Waals surface area (Å²) in [6.07, 6.45) is 10.2. The molecule has 2 aromatic heterocycles. The Morgan fingerprint density at radius 3 is 2.33 bits per heavy atom. The van der Waals surface area contributed by atoms with E-state index in [4.69, 9.17) is 37.4 Å². The Balaban J connectivity index is 1.44. The van der Waals surface area contributed by atoms with Crippen molar-refractivity contribution in [1.29, 1.82) is 0 Å². The van der Waals surface area contributed by atoms with Crippen LogP contribution in [0, 0.1) is 11.8 Å². The van der Waals surface area contributed by atoms with Crippen molar-refractivity contribution in [1.82, 2.24) is 10.2 Å². The molecule has 10 nitrogen and oxygen atoms in total. The average Bonchev–Trinajstić information content (AvgIpc) is 3.52. The second kappa shape index (κ2) is 17.2. The van der Waals surface area contributed by atoms with Crippen LogP contribution in [-0.2, 0) is 22.5 Å². The van der Waals surface area contributed by atoms with Crippen molar-refractivity contribution in [2.24, 2.45) is 11.8 Å². The zero-order valence-corrected chi connectivity index (χ0v) is 30.6. The highest BCUT2D eigenvalue weighted by molar-refractivity contribution is 7.14. The lowest BCUT2D eigenvalue weighted by molar-refractivity contribution is -0.904. The lowest BCUT2D eigenvalue weighted by Gasteiger charge is -2.31. The zero-order chi connectivity index (χ0) is 35.1. The molecule has 1 saturated carbocycles. The highest BCUT2D eigenvalue weighted by Crippen LogP contribution is 2.41. The monoisotopic (exact) mass is 734 g/mol. The van der Waals surface area contributed by atoms with Gasteiger partial charge in [-0.2, -0.15) is 0 Å². The fourth-order valence-corrected chi connectivity index (χ4v) is 8.64. The quantitative estimate of drug-likeness (QED) is 0.0957. The molecule has 3 heterocycles. The number of hydrogen-bond donors (Lipinski definition) is 3. The largest absolute Gasteiger partial charge is 0.493 e. The van der Waals surface area contributed by atoms with Crippen molar-refractivity contribution in [2.75, 3.05) is 41.0 Å². The molecular formula is C36H46Cl2N3O7S+. The van der Waals surface area contributed by atoms with Gasteiger partial charge in [0.1, 0.15) is 21.0 Å². The number of hydrogen-bond acceptors (Lipinski definition) is 9.